The molecule has 1 unspecified atom stereocenters. The Labute approximate surface area is 104 Å². The maximum atomic E-state index is 10.9. The van der Waals surface area contributed by atoms with Crippen LogP contribution < -0.4 is 0 Å². The summed E-state index contributed by atoms with van der Waals surface area (Å²) in [6, 6.07) is 0. The van der Waals surface area contributed by atoms with Crippen LogP contribution in [-0.4, -0.2) is 52.3 Å². The highest BCUT2D eigenvalue weighted by atomic mass is 32.3. The second-order valence-electron chi connectivity index (χ2n) is 3.69. The first kappa shape index (κ1) is 17.2. The maximum absolute atomic E-state index is 10.9. The minimum Gasteiger partial charge on any atom is -0.479 e. The summed E-state index contributed by atoms with van der Waals surface area (Å²) in [5, 5.41) is 18.4. The summed E-state index contributed by atoms with van der Waals surface area (Å²) < 4.78 is 57.7. The largest absolute Gasteiger partial charge is 0.479 e. The van der Waals surface area contributed by atoms with Crippen LogP contribution in [0.2, 0.25) is 0 Å². The van der Waals surface area contributed by atoms with Crippen LogP contribution in [0.4, 0.5) is 0 Å². The van der Waals surface area contributed by atoms with Crippen LogP contribution in [0.5, 0.6) is 0 Å². The molecule has 0 aliphatic rings. The number of carbonyl (C=O) groups is 1. The van der Waals surface area contributed by atoms with Crippen molar-refractivity contribution in [2.24, 2.45) is 0 Å². The molecule has 0 heterocycles. The molecular weight excluding hydrogens is 292 g/mol. The van der Waals surface area contributed by atoms with Crippen LogP contribution in [0.1, 0.15) is 26.2 Å². The molecule has 4 N–H and O–H groups in total. The zero-order valence-electron chi connectivity index (χ0n) is 9.35. The summed E-state index contributed by atoms with van der Waals surface area (Å²) in [6.45, 7) is 1.58. The van der Waals surface area contributed by atoms with Gasteiger partial charge in [-0.1, -0.05) is 19.8 Å². The smallest absolute Gasteiger partial charge is 0.338 e. The van der Waals surface area contributed by atoms with Crippen molar-refractivity contribution < 1.29 is 40.9 Å². The molecule has 0 saturated carbocycles. The Kier molecular flexibility index (Phi) is 5.26. The van der Waals surface area contributed by atoms with Crippen molar-refractivity contribution in [1.82, 2.24) is 0 Å². The van der Waals surface area contributed by atoms with E-state index in [1.54, 1.807) is 6.92 Å². The number of rotatable bonds is 7. The first-order chi connectivity index (χ1) is 7.87. The third-order valence-corrected chi connectivity index (χ3v) is 5.53. The van der Waals surface area contributed by atoms with E-state index < -0.39 is 42.8 Å². The second kappa shape index (κ2) is 5.48. The van der Waals surface area contributed by atoms with Crippen molar-refractivity contribution in [1.29, 1.82) is 0 Å². The van der Waals surface area contributed by atoms with Gasteiger partial charge in [0.15, 0.2) is 5.60 Å². The number of unbranched alkanes of at least 4 members (excludes halogenated alkanes) is 1. The van der Waals surface area contributed by atoms with Crippen LogP contribution in [0.3, 0.4) is 0 Å². The predicted octanol–water partition coefficient (Wildman–Crippen LogP) is -0.906. The summed E-state index contributed by atoms with van der Waals surface area (Å²) in [6.07, 6.45) is -0.452. The Morgan fingerprint density at radius 3 is 1.78 bits per heavy atom. The van der Waals surface area contributed by atoms with Gasteiger partial charge in [-0.25, -0.2) is 4.79 Å². The average Bonchev–Trinajstić information content (AvgIpc) is 2.09. The lowest BCUT2D eigenvalue weighted by molar-refractivity contribution is -0.158. The Hall–Kier alpha value is -0.750. The lowest BCUT2D eigenvalue weighted by Crippen LogP contribution is -2.56. The van der Waals surface area contributed by atoms with Gasteiger partial charge >= 0.3 is 5.97 Å². The second-order valence-corrected chi connectivity index (χ2v) is 7.00. The molecule has 0 amide bonds. The molecule has 0 aliphatic carbocycles. The van der Waals surface area contributed by atoms with Crippen LogP contribution in [0.25, 0.3) is 0 Å². The molecule has 0 radical (unpaired) electrons. The molecule has 0 aromatic rings. The average molecular weight is 306 g/mol. The molecule has 18 heavy (non-hydrogen) atoms. The highest BCUT2D eigenvalue weighted by Gasteiger charge is 2.57. The molecular formula is C7H14O9S2. The van der Waals surface area contributed by atoms with E-state index in [0.717, 1.165) is 0 Å². The fourth-order valence-corrected chi connectivity index (χ4v) is 4.07. The van der Waals surface area contributed by atoms with Crippen molar-refractivity contribution in [3.05, 3.63) is 0 Å². The topological polar surface area (TPSA) is 166 Å². The molecule has 1 atom stereocenters. The fraction of sp³-hybridized carbons (Fsp3) is 0.857. The summed E-state index contributed by atoms with van der Waals surface area (Å²) >= 11 is 0. The van der Waals surface area contributed by atoms with E-state index in [4.69, 9.17) is 14.2 Å². The number of carboxylic acid groups (broad SMARTS) is 1. The number of hydrogen-bond acceptors (Lipinski definition) is 6. The number of carboxylic acids is 1. The molecule has 0 bridgehead atoms. The van der Waals surface area contributed by atoms with E-state index in [2.05, 4.69) is 0 Å². The van der Waals surface area contributed by atoms with Gasteiger partial charge in [0.1, 0.15) is 0 Å². The Morgan fingerprint density at radius 1 is 1.17 bits per heavy atom. The van der Waals surface area contributed by atoms with Gasteiger partial charge in [0.2, 0.25) is 0 Å². The Morgan fingerprint density at radius 2 is 1.56 bits per heavy atom. The molecule has 0 saturated heterocycles. The molecule has 0 rings (SSSR count). The van der Waals surface area contributed by atoms with E-state index in [-0.39, 0.29) is 6.42 Å². The maximum Gasteiger partial charge on any atom is 0.338 e. The van der Waals surface area contributed by atoms with E-state index in [9.17, 15) is 26.7 Å². The monoisotopic (exact) mass is 306 g/mol. The first-order valence-electron chi connectivity index (χ1n) is 4.75. The van der Waals surface area contributed by atoms with E-state index in [1.807, 2.05) is 0 Å². The van der Waals surface area contributed by atoms with Crippen molar-refractivity contribution in [3.8, 4) is 0 Å². The first-order valence-corrected chi connectivity index (χ1v) is 7.76. The molecule has 0 spiro atoms. The van der Waals surface area contributed by atoms with Gasteiger partial charge in [-0.15, -0.1) is 0 Å². The number of hydrogen-bond donors (Lipinski definition) is 4. The lowest BCUT2D eigenvalue weighted by Gasteiger charge is -2.27. The van der Waals surface area contributed by atoms with E-state index in [0.29, 0.717) is 6.42 Å². The summed E-state index contributed by atoms with van der Waals surface area (Å²) in [5.41, 5.74) is -3.32. The summed E-state index contributed by atoms with van der Waals surface area (Å²) in [5.74, 6) is -2.17. The molecule has 0 fully saturated rings. The summed E-state index contributed by atoms with van der Waals surface area (Å²) in [4.78, 5) is 10.9. The lowest BCUT2D eigenvalue weighted by atomic mass is 9.99. The van der Waals surface area contributed by atoms with Crippen molar-refractivity contribution in [2.45, 2.75) is 36.4 Å². The van der Waals surface area contributed by atoms with Crippen LogP contribution in [-0.2, 0) is 25.0 Å². The van der Waals surface area contributed by atoms with Crippen molar-refractivity contribution in [3.63, 3.8) is 0 Å². The van der Waals surface area contributed by atoms with Crippen molar-refractivity contribution in [2.75, 3.05) is 0 Å². The van der Waals surface area contributed by atoms with Gasteiger partial charge in [0.25, 0.3) is 24.8 Å². The molecule has 108 valence electrons. The molecule has 0 aromatic heterocycles. The highest BCUT2D eigenvalue weighted by molar-refractivity contribution is 8.04. The molecule has 0 aliphatic heterocycles. The third-order valence-electron chi connectivity index (χ3n) is 2.21. The van der Waals surface area contributed by atoms with Gasteiger partial charge in [-0.05, 0) is 6.42 Å². The minimum atomic E-state index is -5.52. The Balaban J connectivity index is 5.91. The van der Waals surface area contributed by atoms with Crippen LogP contribution in [0, 0.1) is 0 Å². The Bertz CT molecular complexity index is 473. The molecule has 0 aromatic carbocycles. The van der Waals surface area contributed by atoms with Crippen molar-refractivity contribution >= 4 is 26.2 Å². The number of aliphatic hydroxyl groups is 1. The molecule has 9 nitrogen and oxygen atoms in total. The van der Waals surface area contributed by atoms with Gasteiger partial charge in [0.05, 0.1) is 0 Å². The highest BCUT2D eigenvalue weighted by Crippen LogP contribution is 2.28. The fourth-order valence-electron chi connectivity index (χ4n) is 1.42. The molecule has 11 heteroatoms. The predicted molar refractivity (Wildman–Crippen MR) is 59.0 cm³/mol. The minimum absolute atomic E-state index is 0.0235. The van der Waals surface area contributed by atoms with E-state index >= 15 is 0 Å². The zero-order chi connectivity index (χ0) is 14.8. The standard InChI is InChI=1S/C7H14O9S2/c1-2-3-4-7(10,5(8)9)6(17(11,12)13)18(14,15)16/h6,10H,2-4H2,1H3,(H,8,9)(H,11,12,13)(H,14,15,16). The zero-order valence-corrected chi connectivity index (χ0v) is 11.0. The number of aliphatic carboxylic acids is 1. The van der Waals surface area contributed by atoms with Gasteiger partial charge in [-0.3, -0.25) is 9.11 Å². The van der Waals surface area contributed by atoms with E-state index in [1.165, 1.54) is 0 Å². The van der Waals surface area contributed by atoms with Crippen LogP contribution >= 0.6 is 0 Å². The summed E-state index contributed by atoms with van der Waals surface area (Å²) in [7, 11) is -11.0. The normalized spacial score (nSPS) is 16.5. The van der Waals surface area contributed by atoms with Gasteiger partial charge < -0.3 is 10.2 Å². The van der Waals surface area contributed by atoms with Crippen LogP contribution in [0.15, 0.2) is 0 Å². The van der Waals surface area contributed by atoms with Gasteiger partial charge in [0, 0.05) is 0 Å². The SMILES string of the molecule is CCCCC(O)(C(=O)O)C(S(=O)(=O)O)S(=O)(=O)O. The van der Waals surface area contributed by atoms with Gasteiger partial charge in [-0.2, -0.15) is 16.8 Å². The third kappa shape index (κ3) is 3.88. The quantitative estimate of drug-likeness (QED) is 0.435.